The Hall–Kier alpha value is -2.55. The van der Waals surface area contributed by atoms with Crippen LogP contribution in [0.1, 0.15) is 22.4 Å². The van der Waals surface area contributed by atoms with Crippen molar-refractivity contribution in [3.8, 4) is 0 Å². The molecule has 0 atom stereocenters. The van der Waals surface area contributed by atoms with Crippen LogP contribution in [-0.4, -0.2) is 10.9 Å². The highest BCUT2D eigenvalue weighted by molar-refractivity contribution is 5.96. The highest BCUT2D eigenvalue weighted by atomic mass is 16.1. The SMILES string of the molecule is Cc1ccc(NC(=O)Cc2c(C)[nH]c3ccccc23)c(C)c1. The van der Waals surface area contributed by atoms with Gasteiger partial charge in [0, 0.05) is 22.3 Å². The fourth-order valence-corrected chi connectivity index (χ4v) is 2.87. The summed E-state index contributed by atoms with van der Waals surface area (Å²) in [6.07, 6.45) is 0.378. The van der Waals surface area contributed by atoms with E-state index in [1.807, 2.05) is 51.1 Å². The smallest absolute Gasteiger partial charge is 0.228 e. The van der Waals surface area contributed by atoms with Crippen molar-refractivity contribution in [2.24, 2.45) is 0 Å². The second kappa shape index (κ2) is 5.68. The lowest BCUT2D eigenvalue weighted by Crippen LogP contribution is -2.15. The quantitative estimate of drug-likeness (QED) is 0.743. The molecule has 112 valence electrons. The molecule has 3 nitrogen and oxygen atoms in total. The first kappa shape index (κ1) is 14.4. The van der Waals surface area contributed by atoms with Crippen molar-refractivity contribution in [1.82, 2.24) is 4.98 Å². The summed E-state index contributed by atoms with van der Waals surface area (Å²) in [5.74, 6) is 0.0137. The van der Waals surface area contributed by atoms with Crippen LogP contribution in [0.3, 0.4) is 0 Å². The summed E-state index contributed by atoms with van der Waals surface area (Å²) in [5.41, 5.74) is 6.37. The Morgan fingerprint density at radius 2 is 1.86 bits per heavy atom. The van der Waals surface area contributed by atoms with E-state index < -0.39 is 0 Å². The van der Waals surface area contributed by atoms with Gasteiger partial charge in [-0.05, 0) is 44.0 Å². The summed E-state index contributed by atoms with van der Waals surface area (Å²) in [5, 5.41) is 4.14. The van der Waals surface area contributed by atoms with Gasteiger partial charge in [-0.25, -0.2) is 0 Å². The van der Waals surface area contributed by atoms with E-state index in [0.717, 1.165) is 33.4 Å². The molecule has 0 unspecified atom stereocenters. The highest BCUT2D eigenvalue weighted by Crippen LogP contribution is 2.23. The molecule has 0 aliphatic heterocycles. The van der Waals surface area contributed by atoms with E-state index in [4.69, 9.17) is 0 Å². The number of carbonyl (C=O) groups is 1. The van der Waals surface area contributed by atoms with Crippen LogP contribution in [0.4, 0.5) is 5.69 Å². The zero-order chi connectivity index (χ0) is 15.7. The first-order valence-electron chi connectivity index (χ1n) is 7.48. The molecule has 2 aromatic carbocycles. The molecule has 2 N–H and O–H groups in total. The molecule has 0 bridgehead atoms. The lowest BCUT2D eigenvalue weighted by atomic mass is 10.1. The number of aryl methyl sites for hydroxylation is 3. The molecule has 22 heavy (non-hydrogen) atoms. The number of anilines is 1. The maximum Gasteiger partial charge on any atom is 0.228 e. The van der Waals surface area contributed by atoms with Gasteiger partial charge in [0.25, 0.3) is 0 Å². The number of carbonyl (C=O) groups excluding carboxylic acids is 1. The number of aromatic nitrogens is 1. The van der Waals surface area contributed by atoms with Gasteiger partial charge in [-0.1, -0.05) is 35.9 Å². The normalized spacial score (nSPS) is 10.9. The third-order valence-corrected chi connectivity index (χ3v) is 4.02. The fourth-order valence-electron chi connectivity index (χ4n) is 2.87. The first-order valence-corrected chi connectivity index (χ1v) is 7.48. The van der Waals surface area contributed by atoms with Crippen molar-refractivity contribution in [1.29, 1.82) is 0 Å². The van der Waals surface area contributed by atoms with Gasteiger partial charge in [-0.3, -0.25) is 4.79 Å². The first-order chi connectivity index (χ1) is 10.5. The van der Waals surface area contributed by atoms with Gasteiger partial charge < -0.3 is 10.3 Å². The Balaban J connectivity index is 1.83. The lowest BCUT2D eigenvalue weighted by molar-refractivity contribution is -0.115. The predicted octanol–water partition coefficient (Wildman–Crippen LogP) is 4.27. The van der Waals surface area contributed by atoms with E-state index in [9.17, 15) is 4.79 Å². The number of aromatic amines is 1. The highest BCUT2D eigenvalue weighted by Gasteiger charge is 2.13. The van der Waals surface area contributed by atoms with Crippen LogP contribution < -0.4 is 5.32 Å². The number of fused-ring (bicyclic) bond motifs is 1. The van der Waals surface area contributed by atoms with Crippen LogP contribution in [-0.2, 0) is 11.2 Å². The van der Waals surface area contributed by atoms with E-state index >= 15 is 0 Å². The van der Waals surface area contributed by atoms with Gasteiger partial charge >= 0.3 is 0 Å². The number of para-hydroxylation sites is 1. The third kappa shape index (κ3) is 2.75. The second-order valence-electron chi connectivity index (χ2n) is 5.82. The molecule has 0 radical (unpaired) electrons. The van der Waals surface area contributed by atoms with Gasteiger partial charge in [0.05, 0.1) is 6.42 Å². The van der Waals surface area contributed by atoms with Crippen molar-refractivity contribution < 1.29 is 4.79 Å². The Bertz CT molecular complexity index is 846. The van der Waals surface area contributed by atoms with Crippen LogP contribution in [0.5, 0.6) is 0 Å². The van der Waals surface area contributed by atoms with Crippen molar-refractivity contribution >= 4 is 22.5 Å². The maximum absolute atomic E-state index is 12.4. The minimum atomic E-state index is 0.0137. The Morgan fingerprint density at radius 1 is 1.09 bits per heavy atom. The zero-order valence-electron chi connectivity index (χ0n) is 13.2. The molecule has 0 aliphatic rings. The number of H-pyrrole nitrogens is 1. The third-order valence-electron chi connectivity index (χ3n) is 4.02. The molecule has 3 aromatic rings. The van der Waals surface area contributed by atoms with Crippen LogP contribution in [0.15, 0.2) is 42.5 Å². The number of rotatable bonds is 3. The summed E-state index contributed by atoms with van der Waals surface area (Å²) in [4.78, 5) is 15.7. The van der Waals surface area contributed by atoms with Gasteiger partial charge in [0.15, 0.2) is 0 Å². The maximum atomic E-state index is 12.4. The standard InChI is InChI=1S/C19H20N2O/c1-12-8-9-17(13(2)10-12)21-19(22)11-16-14(3)20-18-7-5-4-6-15(16)18/h4-10,20H,11H2,1-3H3,(H,21,22). The molecule has 1 heterocycles. The van der Waals surface area contributed by atoms with Gasteiger partial charge in [-0.15, -0.1) is 0 Å². The number of hydrogen-bond donors (Lipinski definition) is 2. The molecule has 3 heteroatoms. The minimum absolute atomic E-state index is 0.0137. The van der Waals surface area contributed by atoms with Crippen LogP contribution in [0.25, 0.3) is 10.9 Å². The summed E-state index contributed by atoms with van der Waals surface area (Å²) in [6.45, 7) is 6.08. The molecular weight excluding hydrogens is 272 g/mol. The number of benzene rings is 2. The van der Waals surface area contributed by atoms with Crippen molar-refractivity contribution in [3.63, 3.8) is 0 Å². The van der Waals surface area contributed by atoms with Crippen molar-refractivity contribution in [2.45, 2.75) is 27.2 Å². The average Bonchev–Trinajstić information content (AvgIpc) is 2.78. The fraction of sp³-hybridized carbons (Fsp3) is 0.211. The monoisotopic (exact) mass is 292 g/mol. The zero-order valence-corrected chi connectivity index (χ0v) is 13.2. The Kier molecular flexibility index (Phi) is 3.72. The minimum Gasteiger partial charge on any atom is -0.358 e. The van der Waals surface area contributed by atoms with E-state index in [1.54, 1.807) is 0 Å². The summed E-state index contributed by atoms with van der Waals surface area (Å²) in [6, 6.07) is 14.1. The number of hydrogen-bond acceptors (Lipinski definition) is 1. The molecule has 1 aromatic heterocycles. The molecule has 3 rings (SSSR count). The topological polar surface area (TPSA) is 44.9 Å². The van der Waals surface area contributed by atoms with Crippen molar-refractivity contribution in [2.75, 3.05) is 5.32 Å². The van der Waals surface area contributed by atoms with Gasteiger partial charge in [-0.2, -0.15) is 0 Å². The largest absolute Gasteiger partial charge is 0.358 e. The van der Waals surface area contributed by atoms with E-state index in [1.165, 1.54) is 5.56 Å². The lowest BCUT2D eigenvalue weighted by Gasteiger charge is -2.09. The van der Waals surface area contributed by atoms with E-state index in [-0.39, 0.29) is 5.91 Å². The van der Waals surface area contributed by atoms with E-state index in [0.29, 0.717) is 6.42 Å². The van der Waals surface area contributed by atoms with Crippen molar-refractivity contribution in [3.05, 3.63) is 64.8 Å². The van der Waals surface area contributed by atoms with E-state index in [2.05, 4.69) is 22.4 Å². The predicted molar refractivity (Wildman–Crippen MR) is 91.3 cm³/mol. The van der Waals surface area contributed by atoms with Gasteiger partial charge in [0.1, 0.15) is 0 Å². The molecule has 0 saturated carbocycles. The molecule has 0 spiro atoms. The second-order valence-corrected chi connectivity index (χ2v) is 5.82. The Labute approximate surface area is 130 Å². The van der Waals surface area contributed by atoms with Crippen LogP contribution in [0.2, 0.25) is 0 Å². The molecule has 0 aliphatic carbocycles. The summed E-state index contributed by atoms with van der Waals surface area (Å²) in [7, 11) is 0. The number of nitrogens with one attached hydrogen (secondary N) is 2. The van der Waals surface area contributed by atoms with Gasteiger partial charge in [0.2, 0.25) is 5.91 Å². The Morgan fingerprint density at radius 3 is 2.64 bits per heavy atom. The number of amides is 1. The van der Waals surface area contributed by atoms with Crippen LogP contribution >= 0.6 is 0 Å². The molecule has 0 saturated heterocycles. The summed E-state index contributed by atoms with van der Waals surface area (Å²) < 4.78 is 0. The molecule has 0 fully saturated rings. The van der Waals surface area contributed by atoms with Crippen LogP contribution in [0, 0.1) is 20.8 Å². The molecule has 1 amide bonds. The summed E-state index contributed by atoms with van der Waals surface area (Å²) >= 11 is 0. The molecular formula is C19H20N2O. The average molecular weight is 292 g/mol.